The second kappa shape index (κ2) is 5.67. The predicted octanol–water partition coefficient (Wildman–Crippen LogP) is 2.68. The van der Waals surface area contributed by atoms with Crippen LogP contribution in [0.3, 0.4) is 0 Å². The van der Waals surface area contributed by atoms with Crippen molar-refractivity contribution in [2.45, 2.75) is 59.7 Å². The van der Waals surface area contributed by atoms with Gasteiger partial charge < -0.3 is 9.84 Å². The number of carbonyl (C=O) groups excluding carboxylic acids is 1. The number of carbonyl (C=O) groups is 1. The van der Waals surface area contributed by atoms with E-state index in [1.54, 1.807) is 6.92 Å². The molecular weight excluding hydrogens is 216 g/mol. The fraction of sp³-hybridized carbons (Fsp3) is 0.786. The zero-order valence-electron chi connectivity index (χ0n) is 11.5. The topological polar surface area (TPSA) is 46.5 Å². The summed E-state index contributed by atoms with van der Waals surface area (Å²) in [6.07, 6.45) is 0.992. The Hall–Kier alpha value is -0.830. The number of aliphatic hydroxyl groups is 1. The Bertz CT molecular complexity index is 319. The van der Waals surface area contributed by atoms with Gasteiger partial charge in [-0.25, -0.2) is 0 Å². The van der Waals surface area contributed by atoms with Gasteiger partial charge in [0.25, 0.3) is 0 Å². The molecule has 1 rings (SSSR count). The van der Waals surface area contributed by atoms with Crippen LogP contribution in [0.1, 0.15) is 47.5 Å². The van der Waals surface area contributed by atoms with Crippen molar-refractivity contribution in [1.29, 1.82) is 0 Å². The van der Waals surface area contributed by atoms with Gasteiger partial charge >= 0.3 is 0 Å². The summed E-state index contributed by atoms with van der Waals surface area (Å²) in [5, 5.41) is 9.88. The van der Waals surface area contributed by atoms with E-state index in [0.717, 1.165) is 6.42 Å². The minimum atomic E-state index is -0.446. The van der Waals surface area contributed by atoms with E-state index in [1.807, 2.05) is 27.7 Å². The van der Waals surface area contributed by atoms with Crippen LogP contribution in [-0.2, 0) is 9.53 Å². The number of Topliss-reactive ketones (excluding diaryl/α,β-unsaturated/α-hetero) is 1. The van der Waals surface area contributed by atoms with Crippen LogP contribution in [0.5, 0.6) is 0 Å². The van der Waals surface area contributed by atoms with Crippen molar-refractivity contribution in [3.05, 3.63) is 11.3 Å². The summed E-state index contributed by atoms with van der Waals surface area (Å²) < 4.78 is 5.91. The van der Waals surface area contributed by atoms with E-state index in [1.165, 1.54) is 0 Å². The van der Waals surface area contributed by atoms with Gasteiger partial charge in [-0.15, -0.1) is 0 Å². The highest BCUT2D eigenvalue weighted by Crippen LogP contribution is 2.32. The largest absolute Gasteiger partial charge is 0.493 e. The van der Waals surface area contributed by atoms with E-state index in [9.17, 15) is 9.90 Å². The van der Waals surface area contributed by atoms with Gasteiger partial charge in [0.15, 0.2) is 5.78 Å². The molecule has 1 aliphatic rings. The maximum Gasteiger partial charge on any atom is 0.168 e. The summed E-state index contributed by atoms with van der Waals surface area (Å²) in [4.78, 5) is 12.1. The third kappa shape index (κ3) is 2.71. The van der Waals surface area contributed by atoms with E-state index >= 15 is 0 Å². The highest BCUT2D eigenvalue weighted by Gasteiger charge is 2.35. The molecule has 0 aromatic rings. The summed E-state index contributed by atoms with van der Waals surface area (Å²) >= 11 is 0. The minimum Gasteiger partial charge on any atom is -0.493 e. The maximum absolute atomic E-state index is 12.1. The molecule has 0 spiro atoms. The molecular formula is C14H24O3. The number of hydrogen-bond donors (Lipinski definition) is 1. The Labute approximate surface area is 104 Å². The van der Waals surface area contributed by atoms with Crippen molar-refractivity contribution in [3.8, 4) is 0 Å². The molecule has 0 saturated carbocycles. The molecule has 0 bridgehead atoms. The molecule has 3 heteroatoms. The molecule has 17 heavy (non-hydrogen) atoms. The van der Waals surface area contributed by atoms with Crippen molar-refractivity contribution in [3.63, 3.8) is 0 Å². The SMILES string of the molecule is CCC(O)C(C)C1=C(C)C(=O)C(C)C(CC)O1. The van der Waals surface area contributed by atoms with Crippen LogP contribution in [0.15, 0.2) is 11.3 Å². The van der Waals surface area contributed by atoms with Crippen LogP contribution in [0, 0.1) is 11.8 Å². The lowest BCUT2D eigenvalue weighted by Gasteiger charge is -2.34. The standard InChI is InChI=1S/C14H24O3/c1-6-11(15)8(3)14-10(5)13(16)9(4)12(7-2)17-14/h8-9,11-12,15H,6-7H2,1-5H3. The zero-order chi connectivity index (χ0) is 13.2. The second-order valence-electron chi connectivity index (χ2n) is 4.97. The predicted molar refractivity (Wildman–Crippen MR) is 67.5 cm³/mol. The molecule has 98 valence electrons. The normalized spacial score (nSPS) is 28.9. The van der Waals surface area contributed by atoms with Crippen molar-refractivity contribution >= 4 is 5.78 Å². The third-order valence-corrected chi connectivity index (χ3v) is 3.80. The minimum absolute atomic E-state index is 0.0484. The van der Waals surface area contributed by atoms with Gasteiger partial charge in [-0.2, -0.15) is 0 Å². The van der Waals surface area contributed by atoms with Crippen LogP contribution in [-0.4, -0.2) is 23.1 Å². The van der Waals surface area contributed by atoms with Gasteiger partial charge in [-0.1, -0.05) is 27.7 Å². The molecule has 1 aliphatic heterocycles. The van der Waals surface area contributed by atoms with E-state index in [0.29, 0.717) is 17.8 Å². The molecule has 0 aliphatic carbocycles. The molecule has 0 aromatic heterocycles. The lowest BCUT2D eigenvalue weighted by molar-refractivity contribution is -0.126. The monoisotopic (exact) mass is 240 g/mol. The fourth-order valence-corrected chi connectivity index (χ4v) is 2.40. The first-order valence-electron chi connectivity index (χ1n) is 6.53. The van der Waals surface area contributed by atoms with Gasteiger partial charge in [0.2, 0.25) is 0 Å². The van der Waals surface area contributed by atoms with Gasteiger partial charge in [-0.3, -0.25) is 4.79 Å². The number of allylic oxidation sites excluding steroid dienone is 1. The number of ketones is 1. The maximum atomic E-state index is 12.1. The lowest BCUT2D eigenvalue weighted by Crippen LogP contribution is -2.37. The summed E-state index contributed by atoms with van der Waals surface area (Å²) in [7, 11) is 0. The average Bonchev–Trinajstić information content (AvgIpc) is 2.34. The Kier molecular flexibility index (Phi) is 4.75. The molecule has 0 radical (unpaired) electrons. The Balaban J connectivity index is 3.01. The van der Waals surface area contributed by atoms with E-state index in [2.05, 4.69) is 0 Å². The quantitative estimate of drug-likeness (QED) is 0.821. The number of rotatable bonds is 4. The molecule has 4 unspecified atom stereocenters. The second-order valence-corrected chi connectivity index (χ2v) is 4.97. The van der Waals surface area contributed by atoms with Crippen molar-refractivity contribution in [2.24, 2.45) is 11.8 Å². The van der Waals surface area contributed by atoms with Crippen molar-refractivity contribution in [1.82, 2.24) is 0 Å². The summed E-state index contributed by atoms with van der Waals surface area (Å²) in [6.45, 7) is 9.59. The van der Waals surface area contributed by atoms with E-state index in [4.69, 9.17) is 4.74 Å². The van der Waals surface area contributed by atoms with Crippen molar-refractivity contribution in [2.75, 3.05) is 0 Å². The molecule has 1 N–H and O–H groups in total. The summed E-state index contributed by atoms with van der Waals surface area (Å²) in [5.41, 5.74) is 0.683. The van der Waals surface area contributed by atoms with Crippen LogP contribution in [0.25, 0.3) is 0 Å². The van der Waals surface area contributed by atoms with Crippen molar-refractivity contribution < 1.29 is 14.6 Å². The van der Waals surface area contributed by atoms with Gasteiger partial charge in [0, 0.05) is 11.5 Å². The van der Waals surface area contributed by atoms with E-state index < -0.39 is 6.10 Å². The number of hydrogen-bond acceptors (Lipinski definition) is 3. The van der Waals surface area contributed by atoms with Gasteiger partial charge in [-0.05, 0) is 19.8 Å². The Morgan fingerprint density at radius 2 is 2.00 bits per heavy atom. The molecule has 0 aromatic carbocycles. The molecule has 3 nitrogen and oxygen atoms in total. The Morgan fingerprint density at radius 1 is 1.41 bits per heavy atom. The summed E-state index contributed by atoms with van der Waals surface area (Å²) in [6, 6.07) is 0. The van der Waals surface area contributed by atoms with Crippen LogP contribution < -0.4 is 0 Å². The fourth-order valence-electron chi connectivity index (χ4n) is 2.40. The highest BCUT2D eigenvalue weighted by atomic mass is 16.5. The van der Waals surface area contributed by atoms with Crippen LogP contribution >= 0.6 is 0 Å². The first-order chi connectivity index (χ1) is 7.93. The first-order valence-corrected chi connectivity index (χ1v) is 6.53. The number of ether oxygens (including phenoxy) is 1. The lowest BCUT2D eigenvalue weighted by atomic mass is 9.86. The molecule has 0 saturated heterocycles. The average molecular weight is 240 g/mol. The number of aliphatic hydroxyl groups excluding tert-OH is 1. The Morgan fingerprint density at radius 3 is 2.47 bits per heavy atom. The molecule has 0 amide bonds. The van der Waals surface area contributed by atoms with E-state index in [-0.39, 0.29) is 23.7 Å². The third-order valence-electron chi connectivity index (χ3n) is 3.80. The van der Waals surface area contributed by atoms with Gasteiger partial charge in [0.05, 0.1) is 12.0 Å². The molecule has 1 heterocycles. The van der Waals surface area contributed by atoms with Gasteiger partial charge in [0.1, 0.15) is 11.9 Å². The molecule has 0 fully saturated rings. The highest BCUT2D eigenvalue weighted by molar-refractivity contribution is 5.98. The summed E-state index contributed by atoms with van der Waals surface area (Å²) in [5.74, 6) is 0.669. The van der Waals surface area contributed by atoms with Crippen LogP contribution in [0.2, 0.25) is 0 Å². The molecule has 4 atom stereocenters. The zero-order valence-corrected chi connectivity index (χ0v) is 11.5. The van der Waals surface area contributed by atoms with Crippen LogP contribution in [0.4, 0.5) is 0 Å². The first kappa shape index (κ1) is 14.2. The smallest absolute Gasteiger partial charge is 0.168 e.